The molecular formula is C18H20ClNO2. The van der Waals surface area contributed by atoms with Crippen LogP contribution in [0.2, 0.25) is 5.02 Å². The van der Waals surface area contributed by atoms with Gasteiger partial charge in [-0.2, -0.15) is 0 Å². The molecule has 0 spiro atoms. The molecule has 0 aliphatic carbocycles. The Morgan fingerprint density at radius 2 is 2.00 bits per heavy atom. The minimum absolute atomic E-state index is 0.0591. The van der Waals surface area contributed by atoms with Crippen molar-refractivity contribution in [1.29, 1.82) is 0 Å². The number of benzene rings is 2. The first kappa shape index (κ1) is 15.2. The van der Waals surface area contributed by atoms with Gasteiger partial charge in [-0.3, -0.25) is 5.32 Å². The van der Waals surface area contributed by atoms with E-state index in [1.54, 1.807) is 0 Å². The molecule has 116 valence electrons. The van der Waals surface area contributed by atoms with Gasteiger partial charge in [0.1, 0.15) is 17.7 Å². The number of para-hydroxylation sites is 1. The van der Waals surface area contributed by atoms with Gasteiger partial charge >= 0.3 is 0 Å². The number of ether oxygens (including phenoxy) is 2. The van der Waals surface area contributed by atoms with Crippen molar-refractivity contribution in [1.82, 2.24) is 5.32 Å². The summed E-state index contributed by atoms with van der Waals surface area (Å²) in [4.78, 5) is 0. The van der Waals surface area contributed by atoms with Crippen LogP contribution in [0.5, 0.6) is 11.5 Å². The van der Waals surface area contributed by atoms with E-state index < -0.39 is 0 Å². The molecule has 0 amide bonds. The summed E-state index contributed by atoms with van der Waals surface area (Å²) in [6.45, 7) is 3.66. The summed E-state index contributed by atoms with van der Waals surface area (Å²) in [5.41, 5.74) is 1.28. The molecule has 2 atom stereocenters. The van der Waals surface area contributed by atoms with E-state index in [4.69, 9.17) is 21.1 Å². The molecule has 2 aromatic carbocycles. The van der Waals surface area contributed by atoms with Gasteiger partial charge in [0.25, 0.3) is 0 Å². The van der Waals surface area contributed by atoms with Crippen molar-refractivity contribution in [2.75, 3.05) is 13.2 Å². The number of fused-ring (bicyclic) bond motifs is 1. The molecule has 3 nitrogen and oxygen atoms in total. The Labute approximate surface area is 136 Å². The molecule has 22 heavy (non-hydrogen) atoms. The Balaban J connectivity index is 1.55. The van der Waals surface area contributed by atoms with Crippen LogP contribution in [0.3, 0.4) is 0 Å². The Morgan fingerprint density at radius 3 is 2.82 bits per heavy atom. The zero-order chi connectivity index (χ0) is 15.4. The average molecular weight is 318 g/mol. The third kappa shape index (κ3) is 3.73. The highest BCUT2D eigenvalue weighted by molar-refractivity contribution is 6.30. The van der Waals surface area contributed by atoms with Gasteiger partial charge in [0.15, 0.2) is 0 Å². The minimum Gasteiger partial charge on any atom is -0.493 e. The quantitative estimate of drug-likeness (QED) is 0.837. The monoisotopic (exact) mass is 317 g/mol. The van der Waals surface area contributed by atoms with Crippen LogP contribution in [0, 0.1) is 0 Å². The van der Waals surface area contributed by atoms with Gasteiger partial charge in [-0.05, 0) is 49.2 Å². The fourth-order valence-electron chi connectivity index (χ4n) is 2.70. The second kappa shape index (κ2) is 7.03. The van der Waals surface area contributed by atoms with Crippen molar-refractivity contribution in [2.45, 2.75) is 25.5 Å². The summed E-state index contributed by atoms with van der Waals surface area (Å²) in [5.74, 6) is 2.28. The first-order valence-corrected chi connectivity index (χ1v) is 7.97. The summed E-state index contributed by atoms with van der Waals surface area (Å²) in [6, 6.07) is 15.7. The molecule has 3 rings (SSSR count). The van der Waals surface area contributed by atoms with E-state index in [0.717, 1.165) is 31.1 Å². The third-order valence-corrected chi connectivity index (χ3v) is 4.11. The van der Waals surface area contributed by atoms with Gasteiger partial charge in [-0.25, -0.2) is 0 Å². The summed E-state index contributed by atoms with van der Waals surface area (Å²) < 4.78 is 11.5. The number of nitrogens with one attached hydrogen (secondary N) is 1. The molecule has 0 saturated heterocycles. The highest BCUT2D eigenvalue weighted by atomic mass is 35.5. The molecule has 4 heteroatoms. The molecule has 1 unspecified atom stereocenters. The van der Waals surface area contributed by atoms with Crippen LogP contribution in [-0.4, -0.2) is 19.4 Å². The van der Waals surface area contributed by atoms with Crippen molar-refractivity contribution >= 4 is 11.6 Å². The SMILES string of the molecule is CC(NC[C@@H]1CCOc2ccccc21)Oc1ccc(Cl)cc1. The van der Waals surface area contributed by atoms with Gasteiger partial charge in [-0.1, -0.05) is 29.8 Å². The van der Waals surface area contributed by atoms with E-state index in [1.807, 2.05) is 43.3 Å². The van der Waals surface area contributed by atoms with E-state index >= 15 is 0 Å². The maximum absolute atomic E-state index is 5.88. The van der Waals surface area contributed by atoms with Crippen LogP contribution in [0.15, 0.2) is 48.5 Å². The van der Waals surface area contributed by atoms with Crippen molar-refractivity contribution < 1.29 is 9.47 Å². The molecule has 0 aromatic heterocycles. The largest absolute Gasteiger partial charge is 0.493 e. The van der Waals surface area contributed by atoms with Crippen molar-refractivity contribution in [3.05, 3.63) is 59.1 Å². The summed E-state index contributed by atoms with van der Waals surface area (Å²) in [6.07, 6.45) is 0.966. The lowest BCUT2D eigenvalue weighted by molar-refractivity contribution is 0.174. The van der Waals surface area contributed by atoms with Crippen LogP contribution in [0.4, 0.5) is 0 Å². The van der Waals surface area contributed by atoms with Crippen LogP contribution < -0.4 is 14.8 Å². The van der Waals surface area contributed by atoms with Crippen LogP contribution in [0.25, 0.3) is 0 Å². The molecule has 1 N–H and O–H groups in total. The van der Waals surface area contributed by atoms with Crippen LogP contribution in [0.1, 0.15) is 24.8 Å². The Hall–Kier alpha value is -1.71. The third-order valence-electron chi connectivity index (χ3n) is 3.86. The van der Waals surface area contributed by atoms with Crippen LogP contribution >= 0.6 is 11.6 Å². The molecular weight excluding hydrogens is 298 g/mol. The zero-order valence-electron chi connectivity index (χ0n) is 12.6. The Kier molecular flexibility index (Phi) is 4.86. The van der Waals surface area contributed by atoms with E-state index in [2.05, 4.69) is 17.4 Å². The predicted molar refractivity (Wildman–Crippen MR) is 88.8 cm³/mol. The maximum atomic E-state index is 5.88. The first-order valence-electron chi connectivity index (χ1n) is 7.60. The molecule has 2 aromatic rings. The normalized spacial score (nSPS) is 18.2. The van der Waals surface area contributed by atoms with E-state index in [-0.39, 0.29) is 6.23 Å². The molecule has 1 aliphatic heterocycles. The van der Waals surface area contributed by atoms with Gasteiger partial charge in [0, 0.05) is 17.5 Å². The van der Waals surface area contributed by atoms with Crippen LogP contribution in [-0.2, 0) is 0 Å². The van der Waals surface area contributed by atoms with Crippen molar-refractivity contribution in [3.63, 3.8) is 0 Å². The lowest BCUT2D eigenvalue weighted by atomic mass is 9.93. The second-order valence-electron chi connectivity index (χ2n) is 5.49. The molecule has 0 bridgehead atoms. The Bertz CT molecular complexity index is 615. The molecule has 1 heterocycles. The molecule has 1 aliphatic rings. The number of rotatable bonds is 5. The summed E-state index contributed by atoms with van der Waals surface area (Å²) in [7, 11) is 0. The molecule has 0 fully saturated rings. The number of hydrogen-bond donors (Lipinski definition) is 1. The predicted octanol–water partition coefficient (Wildman–Crippen LogP) is 4.22. The first-order chi connectivity index (χ1) is 10.7. The lowest BCUT2D eigenvalue weighted by Gasteiger charge is -2.27. The summed E-state index contributed by atoms with van der Waals surface area (Å²) in [5, 5.41) is 4.16. The summed E-state index contributed by atoms with van der Waals surface area (Å²) >= 11 is 5.88. The molecule has 0 radical (unpaired) electrons. The van der Waals surface area contributed by atoms with Crippen molar-refractivity contribution in [2.24, 2.45) is 0 Å². The van der Waals surface area contributed by atoms with Gasteiger partial charge in [0.05, 0.1) is 6.61 Å². The average Bonchev–Trinajstić information content (AvgIpc) is 2.55. The van der Waals surface area contributed by atoms with E-state index in [0.29, 0.717) is 10.9 Å². The van der Waals surface area contributed by atoms with E-state index in [9.17, 15) is 0 Å². The number of hydrogen-bond acceptors (Lipinski definition) is 3. The maximum Gasteiger partial charge on any atom is 0.147 e. The topological polar surface area (TPSA) is 30.5 Å². The highest BCUT2D eigenvalue weighted by Gasteiger charge is 2.21. The fraction of sp³-hybridized carbons (Fsp3) is 0.333. The standard InChI is InChI=1S/C18H20ClNO2/c1-13(22-16-8-6-15(19)7-9-16)20-12-14-10-11-21-18-5-3-2-4-17(14)18/h2-9,13-14,20H,10-12H2,1H3/t13?,14-/m0/s1. The number of halogens is 1. The zero-order valence-corrected chi connectivity index (χ0v) is 13.3. The minimum atomic E-state index is -0.0591. The van der Waals surface area contributed by atoms with Gasteiger partial charge in [0.2, 0.25) is 0 Å². The van der Waals surface area contributed by atoms with Crippen molar-refractivity contribution in [3.8, 4) is 11.5 Å². The molecule has 0 saturated carbocycles. The highest BCUT2D eigenvalue weighted by Crippen LogP contribution is 2.32. The van der Waals surface area contributed by atoms with Gasteiger partial charge < -0.3 is 9.47 Å². The van der Waals surface area contributed by atoms with Gasteiger partial charge in [-0.15, -0.1) is 0 Å². The Morgan fingerprint density at radius 1 is 1.23 bits per heavy atom. The fourth-order valence-corrected chi connectivity index (χ4v) is 2.82. The second-order valence-corrected chi connectivity index (χ2v) is 5.93. The van der Waals surface area contributed by atoms with E-state index in [1.165, 1.54) is 5.56 Å². The smallest absolute Gasteiger partial charge is 0.147 e. The lowest BCUT2D eigenvalue weighted by Crippen LogP contribution is -2.35.